The summed E-state index contributed by atoms with van der Waals surface area (Å²) in [6.07, 6.45) is 20.9. The minimum Gasteiger partial charge on any atom is -0.338 e. The lowest BCUT2D eigenvalue weighted by atomic mass is 10.0. The standard InChI is InChI=1S/C25H23N7O2.C22H25N7O2.C20H21N7O2.C19H20N8O2/c1-2-26-25(34)30-24-28-20-13-19(14-21(23(20)29-24)32-11-6-10-27-32)18-9-12-31(22(33)15-18)16-17-7-4-3-5-8-17;1-4-23-22(31)27-21-25-17-10-16(11-18(20(17)26-21)29-8-5-7-24-29)15-6-9-28(13-14(2)3)19(30)12-15;1-3-21-20(29)25-19-23-15-10-14(13-6-9-26(4-2)17(28)12-13)11-16(18(15)24-19)27-8-5-7-22-27;1-3-21-18(28)25-17-23-14-8-13(12-6-5-7-20-10-12)9-15(16(14)24-17)27-19(29)26(4-2)11-22-27/h3-15H,2,16H2,1H3,(H3,26,28,29,30,34);5-12,14H,4,13H2,1-3H3,(H3,23,25,26,27,31);5-12H,3-4H2,1-2H3,(H3,21,23,24,25,29);5-11H,3-4H2,1-2H3,(H3,21,23,24,25,28). The maximum absolute atomic E-state index is 12.9. The van der Waals surface area contributed by atoms with Gasteiger partial charge in [0.1, 0.15) is 28.4 Å². The largest absolute Gasteiger partial charge is 0.350 e. The lowest BCUT2D eigenvalue weighted by Gasteiger charge is -2.11. The summed E-state index contributed by atoms with van der Waals surface area (Å²) in [6.45, 7) is 19.6. The van der Waals surface area contributed by atoms with Gasteiger partial charge in [-0.2, -0.15) is 25.1 Å². The monoisotopic (exact) mass is 1660 g/mol. The van der Waals surface area contributed by atoms with Gasteiger partial charge in [-0.15, -0.1) is 0 Å². The maximum atomic E-state index is 12.9. The van der Waals surface area contributed by atoms with Crippen LogP contribution in [0, 0.1) is 5.92 Å². The highest BCUT2D eigenvalue weighted by Gasteiger charge is 2.22. The number of urea groups is 4. The molecule has 0 bridgehead atoms. The first-order valence-electron chi connectivity index (χ1n) is 39.8. The number of benzene rings is 5. The summed E-state index contributed by atoms with van der Waals surface area (Å²) in [7, 11) is 0. The number of carbonyl (C=O) groups is 4. The van der Waals surface area contributed by atoms with E-state index in [1.54, 1.807) is 89.3 Å². The molecule has 0 unspecified atom stereocenters. The number of aromatic nitrogens is 21. The van der Waals surface area contributed by atoms with E-state index in [9.17, 15) is 38.4 Å². The average Bonchev–Trinajstić information content (AvgIpc) is 1.62. The minimum atomic E-state index is -0.368. The molecule has 0 radical (unpaired) electrons. The van der Waals surface area contributed by atoms with E-state index in [0.29, 0.717) is 115 Å². The molecule has 12 N–H and O–H groups in total. The van der Waals surface area contributed by atoms with E-state index in [0.717, 1.165) is 78.2 Å². The minimum absolute atomic E-state index is 0.0462. The third-order valence-electron chi connectivity index (χ3n) is 19.2. The Bertz CT molecular complexity index is 6850. The van der Waals surface area contributed by atoms with Crippen molar-refractivity contribution in [3.8, 4) is 67.3 Å². The molecule has 12 heterocycles. The molecule has 123 heavy (non-hydrogen) atoms. The smallest absolute Gasteiger partial charge is 0.338 e. The van der Waals surface area contributed by atoms with Crippen LogP contribution in [0.5, 0.6) is 0 Å². The van der Waals surface area contributed by atoms with Crippen LogP contribution in [0.2, 0.25) is 0 Å². The van der Waals surface area contributed by atoms with Crippen molar-refractivity contribution in [3.05, 3.63) is 267 Å². The van der Waals surface area contributed by atoms with E-state index < -0.39 is 0 Å². The number of carbonyl (C=O) groups excluding carboxylic acids is 4. The van der Waals surface area contributed by atoms with Crippen LogP contribution in [0.25, 0.3) is 111 Å². The van der Waals surface area contributed by atoms with Gasteiger partial charge in [0, 0.05) is 138 Å². The highest BCUT2D eigenvalue weighted by Crippen LogP contribution is 2.34. The molecule has 37 heteroatoms. The number of anilines is 4. The Morgan fingerprint density at radius 1 is 0.366 bits per heavy atom. The fraction of sp³-hybridized carbons (Fsp3) is 0.198. The third-order valence-corrected chi connectivity index (χ3v) is 19.2. The van der Waals surface area contributed by atoms with E-state index in [1.807, 2.05) is 194 Å². The molecular formula is C86H89N29O8. The number of H-pyrrole nitrogens is 4. The number of aromatic amines is 4. The number of imidazole rings is 4. The molecule has 0 saturated carbocycles. The second-order valence-corrected chi connectivity index (χ2v) is 28.3. The van der Waals surface area contributed by atoms with Crippen molar-refractivity contribution in [2.75, 3.05) is 47.4 Å². The van der Waals surface area contributed by atoms with Crippen molar-refractivity contribution < 1.29 is 19.2 Å². The molecule has 0 atom stereocenters. The van der Waals surface area contributed by atoms with Crippen molar-refractivity contribution in [2.24, 2.45) is 5.92 Å². The Morgan fingerprint density at radius 2 is 0.740 bits per heavy atom. The number of nitrogens with zero attached hydrogens (tertiary/aromatic N) is 17. The molecule has 8 amide bonds. The second kappa shape index (κ2) is 37.9. The first-order chi connectivity index (χ1) is 59.7. The van der Waals surface area contributed by atoms with Gasteiger partial charge in [0.15, 0.2) is 0 Å². The number of hydrogen-bond acceptors (Lipinski definition) is 17. The van der Waals surface area contributed by atoms with Gasteiger partial charge in [-0.25, -0.2) is 58.0 Å². The molecular weight excluding hydrogens is 1570 g/mol. The normalized spacial score (nSPS) is 11.0. The fourth-order valence-electron chi connectivity index (χ4n) is 13.5. The number of rotatable bonds is 22. The predicted molar refractivity (Wildman–Crippen MR) is 472 cm³/mol. The highest BCUT2D eigenvalue weighted by molar-refractivity contribution is 5.98. The number of nitrogens with one attached hydrogen (secondary N) is 12. The summed E-state index contributed by atoms with van der Waals surface area (Å²) in [4.78, 5) is 133. The molecule has 0 aliphatic carbocycles. The Morgan fingerprint density at radius 3 is 1.08 bits per heavy atom. The SMILES string of the molecule is CCNC(=O)Nc1nc2c(-n3cccn3)cc(-c3ccn(CC(C)C)c(=O)c3)cc2[nH]1.CCNC(=O)Nc1nc2c(-n3cccn3)cc(-c3ccn(CC)c(=O)c3)cc2[nH]1.CCNC(=O)Nc1nc2c(-n3cccn3)cc(-c3ccn(Cc4ccccc4)c(=O)c3)cc2[nH]1.CCNC(=O)Nc1nc2c(-n3ncn(CC)c3=O)cc(-c3cccnc3)cc2[nH]1. The summed E-state index contributed by atoms with van der Waals surface area (Å²) >= 11 is 0. The van der Waals surface area contributed by atoms with Crippen LogP contribution in [0.3, 0.4) is 0 Å². The zero-order chi connectivity index (χ0) is 86.2. The lowest BCUT2D eigenvalue weighted by Crippen LogP contribution is -2.28. The van der Waals surface area contributed by atoms with Crippen molar-refractivity contribution in [1.29, 1.82) is 0 Å². The molecule has 0 aliphatic rings. The first kappa shape index (κ1) is 83.1. The van der Waals surface area contributed by atoms with Gasteiger partial charge in [-0.3, -0.25) is 45.2 Å². The first-order valence-corrected chi connectivity index (χ1v) is 39.8. The van der Waals surface area contributed by atoms with E-state index in [1.165, 1.54) is 15.6 Å². The topological polar surface area (TPSA) is 451 Å². The highest BCUT2D eigenvalue weighted by atomic mass is 16.2. The van der Waals surface area contributed by atoms with Gasteiger partial charge in [-0.05, 0) is 183 Å². The number of aryl methyl sites for hydroxylation is 2. The number of hydrogen-bond donors (Lipinski definition) is 12. The molecule has 17 aromatic rings. The van der Waals surface area contributed by atoms with Gasteiger partial charge in [0.2, 0.25) is 23.8 Å². The van der Waals surface area contributed by atoms with E-state index in [2.05, 4.69) is 122 Å². The Balaban J connectivity index is 0.000000134. The molecule has 626 valence electrons. The lowest BCUT2D eigenvalue weighted by molar-refractivity contribution is 0.251. The number of pyridine rings is 4. The van der Waals surface area contributed by atoms with Crippen LogP contribution in [0.1, 0.15) is 61.0 Å². The molecule has 12 aromatic heterocycles. The molecule has 0 saturated heterocycles. The fourth-order valence-corrected chi connectivity index (χ4v) is 13.5. The molecule has 0 aliphatic heterocycles. The zero-order valence-corrected chi connectivity index (χ0v) is 68.4. The molecule has 17 rings (SSSR count). The van der Waals surface area contributed by atoms with Crippen LogP contribution in [-0.4, -0.2) is 153 Å². The van der Waals surface area contributed by atoms with Crippen LogP contribution in [-0.2, 0) is 26.2 Å². The van der Waals surface area contributed by atoms with Gasteiger partial charge in [-0.1, -0.05) is 50.2 Å². The van der Waals surface area contributed by atoms with Crippen molar-refractivity contribution in [1.82, 2.24) is 124 Å². The quantitative estimate of drug-likeness (QED) is 0.0300. The summed E-state index contributed by atoms with van der Waals surface area (Å²) in [6, 6.07) is 43.6. The summed E-state index contributed by atoms with van der Waals surface area (Å²) in [5.74, 6) is 1.65. The Labute approximate surface area is 700 Å². The van der Waals surface area contributed by atoms with Gasteiger partial charge >= 0.3 is 29.8 Å². The summed E-state index contributed by atoms with van der Waals surface area (Å²) in [5.41, 5.74) is 15.2. The van der Waals surface area contributed by atoms with Crippen molar-refractivity contribution >= 4 is 92.1 Å². The summed E-state index contributed by atoms with van der Waals surface area (Å²) < 4.78 is 13.0. The molecule has 0 fully saturated rings. The summed E-state index contributed by atoms with van der Waals surface area (Å²) in [5, 5.41) is 38.7. The maximum Gasteiger partial charge on any atom is 0.350 e. The molecule has 0 spiro atoms. The second-order valence-electron chi connectivity index (χ2n) is 28.3. The van der Waals surface area contributed by atoms with Gasteiger partial charge < -0.3 is 54.9 Å². The third kappa shape index (κ3) is 19.6. The molecule has 5 aromatic carbocycles. The van der Waals surface area contributed by atoms with Crippen molar-refractivity contribution in [3.63, 3.8) is 0 Å². The molecule has 37 nitrogen and oxygen atoms in total. The zero-order valence-electron chi connectivity index (χ0n) is 68.4. The average molecular weight is 1660 g/mol. The van der Waals surface area contributed by atoms with E-state index in [4.69, 9.17) is 0 Å². The van der Waals surface area contributed by atoms with Gasteiger partial charge in [0.05, 0.1) is 51.4 Å². The van der Waals surface area contributed by atoms with Crippen molar-refractivity contribution in [2.45, 2.75) is 81.6 Å². The Hall–Kier alpha value is -16.4. The van der Waals surface area contributed by atoms with Crippen LogP contribution in [0.15, 0.2) is 239 Å². The van der Waals surface area contributed by atoms with Crippen LogP contribution >= 0.6 is 0 Å². The van der Waals surface area contributed by atoms with E-state index in [-0.39, 0.29) is 52.4 Å². The number of amides is 8. The number of fused-ring (bicyclic) bond motifs is 4. The van der Waals surface area contributed by atoms with Crippen LogP contribution in [0.4, 0.5) is 43.0 Å². The predicted octanol–water partition coefficient (Wildman–Crippen LogP) is 12.0. The Kier molecular flexibility index (Phi) is 25.6. The van der Waals surface area contributed by atoms with Crippen LogP contribution < -0.4 is 64.9 Å². The van der Waals surface area contributed by atoms with Gasteiger partial charge in [0.25, 0.3) is 16.7 Å². The van der Waals surface area contributed by atoms with E-state index >= 15 is 0 Å².